The molecule has 0 aromatic carbocycles. The van der Waals surface area contributed by atoms with Crippen molar-refractivity contribution in [3.63, 3.8) is 0 Å². The van der Waals surface area contributed by atoms with Crippen LogP contribution in [0.1, 0.15) is 52.5 Å². The van der Waals surface area contributed by atoms with E-state index >= 15 is 0 Å². The molecule has 15 heavy (non-hydrogen) atoms. The van der Waals surface area contributed by atoms with E-state index in [1.54, 1.807) is 11.3 Å². The fourth-order valence-electron chi connectivity index (χ4n) is 1.25. The molecule has 3 nitrogen and oxygen atoms in total. The van der Waals surface area contributed by atoms with Gasteiger partial charge in [-0.25, -0.2) is 0 Å². The molecule has 1 aromatic heterocycles. The number of nitrogens with zero attached hydrogens (tertiary/aromatic N) is 2. The Labute approximate surface area is 96.3 Å². The van der Waals surface area contributed by atoms with Gasteiger partial charge in [0.25, 0.3) is 0 Å². The van der Waals surface area contributed by atoms with Crippen molar-refractivity contribution < 1.29 is 0 Å². The Morgan fingerprint density at radius 2 is 1.80 bits per heavy atom. The monoisotopic (exact) mass is 227 g/mol. The molecule has 0 aliphatic heterocycles. The lowest BCUT2D eigenvalue weighted by Gasteiger charge is -2.14. The second kappa shape index (κ2) is 4.92. The summed E-state index contributed by atoms with van der Waals surface area (Å²) in [6, 6.07) is 0.519. The molecule has 1 N–H and O–H groups in total. The maximum Gasteiger partial charge on any atom is 0.205 e. The van der Waals surface area contributed by atoms with E-state index in [9.17, 15) is 0 Å². The second-order valence-corrected chi connectivity index (χ2v) is 5.80. The molecule has 0 saturated heterocycles. The zero-order valence-corrected chi connectivity index (χ0v) is 11.1. The molecule has 0 amide bonds. The van der Waals surface area contributed by atoms with Gasteiger partial charge in [0.15, 0.2) is 0 Å². The summed E-state index contributed by atoms with van der Waals surface area (Å²) in [6.07, 6.45) is 2.25. The van der Waals surface area contributed by atoms with E-state index in [0.717, 1.165) is 23.0 Å². The number of hydrogen-bond acceptors (Lipinski definition) is 4. The molecule has 0 atom stereocenters. The Balaban J connectivity index is 2.68. The van der Waals surface area contributed by atoms with Crippen molar-refractivity contribution in [1.29, 1.82) is 0 Å². The summed E-state index contributed by atoms with van der Waals surface area (Å²) >= 11 is 1.67. The summed E-state index contributed by atoms with van der Waals surface area (Å²) < 4.78 is 0. The molecule has 0 unspecified atom stereocenters. The number of aromatic nitrogens is 2. The summed E-state index contributed by atoms with van der Waals surface area (Å²) in [6.45, 7) is 10.9. The van der Waals surface area contributed by atoms with Crippen LogP contribution in [-0.2, 0) is 5.41 Å². The Morgan fingerprint density at radius 1 is 1.20 bits per heavy atom. The zero-order valence-electron chi connectivity index (χ0n) is 10.3. The quantitative estimate of drug-likeness (QED) is 0.856. The minimum absolute atomic E-state index is 0.103. The highest BCUT2D eigenvalue weighted by atomic mass is 32.1. The Kier molecular flexibility index (Phi) is 4.08. The molecule has 4 heteroatoms. The van der Waals surface area contributed by atoms with E-state index in [-0.39, 0.29) is 5.41 Å². The van der Waals surface area contributed by atoms with Gasteiger partial charge in [-0.15, -0.1) is 10.2 Å². The fraction of sp³-hybridized carbons (Fsp3) is 0.818. The van der Waals surface area contributed by atoms with Gasteiger partial charge in [-0.1, -0.05) is 46.0 Å². The fourth-order valence-corrected chi connectivity index (χ4v) is 2.13. The number of anilines is 1. The first kappa shape index (κ1) is 12.4. The first-order valence-corrected chi connectivity index (χ1v) is 6.39. The highest BCUT2D eigenvalue weighted by Crippen LogP contribution is 2.28. The van der Waals surface area contributed by atoms with Gasteiger partial charge < -0.3 is 5.32 Å². The maximum atomic E-state index is 4.22. The van der Waals surface area contributed by atoms with E-state index in [1.807, 2.05) is 0 Å². The third-order valence-electron chi connectivity index (χ3n) is 2.38. The summed E-state index contributed by atoms with van der Waals surface area (Å²) in [5.74, 6) is 0. The lowest BCUT2D eigenvalue weighted by Crippen LogP contribution is -2.16. The van der Waals surface area contributed by atoms with Crippen LogP contribution in [0, 0.1) is 0 Å². The maximum absolute atomic E-state index is 4.22. The van der Waals surface area contributed by atoms with E-state index < -0.39 is 0 Å². The third-order valence-corrected chi connectivity index (χ3v) is 3.66. The van der Waals surface area contributed by atoms with Crippen LogP contribution < -0.4 is 5.32 Å². The van der Waals surface area contributed by atoms with Crippen LogP contribution in [0.25, 0.3) is 0 Å². The van der Waals surface area contributed by atoms with E-state index in [1.165, 1.54) is 0 Å². The Morgan fingerprint density at radius 3 is 2.20 bits per heavy atom. The van der Waals surface area contributed by atoms with Gasteiger partial charge in [-0.05, 0) is 12.8 Å². The first-order valence-electron chi connectivity index (χ1n) is 5.57. The average Bonchev–Trinajstić information content (AvgIpc) is 2.61. The van der Waals surface area contributed by atoms with Crippen LogP contribution in [0.15, 0.2) is 0 Å². The van der Waals surface area contributed by atoms with Crippen LogP contribution in [0.5, 0.6) is 0 Å². The molecule has 0 saturated carbocycles. The molecule has 0 aliphatic carbocycles. The Hall–Kier alpha value is -0.640. The predicted octanol–water partition coefficient (Wildman–Crippen LogP) is 3.44. The van der Waals surface area contributed by atoms with Gasteiger partial charge in [0.1, 0.15) is 5.01 Å². The van der Waals surface area contributed by atoms with Crippen molar-refractivity contribution >= 4 is 16.5 Å². The lowest BCUT2D eigenvalue weighted by atomic mass is 9.98. The molecule has 0 fully saturated rings. The van der Waals surface area contributed by atoms with Gasteiger partial charge in [0, 0.05) is 11.5 Å². The summed E-state index contributed by atoms with van der Waals surface area (Å²) in [7, 11) is 0. The van der Waals surface area contributed by atoms with Crippen molar-refractivity contribution in [3.05, 3.63) is 5.01 Å². The van der Waals surface area contributed by atoms with Crippen molar-refractivity contribution in [2.45, 2.75) is 58.9 Å². The number of nitrogens with one attached hydrogen (secondary N) is 1. The average molecular weight is 227 g/mol. The van der Waals surface area contributed by atoms with Crippen LogP contribution in [0.4, 0.5) is 5.13 Å². The minimum Gasteiger partial charge on any atom is -0.357 e. The van der Waals surface area contributed by atoms with Gasteiger partial charge in [-0.3, -0.25) is 0 Å². The van der Waals surface area contributed by atoms with Gasteiger partial charge in [-0.2, -0.15) is 0 Å². The summed E-state index contributed by atoms with van der Waals surface area (Å²) in [5, 5.41) is 13.9. The molecule has 1 aromatic rings. The number of rotatable bonds is 4. The highest BCUT2D eigenvalue weighted by molar-refractivity contribution is 7.15. The van der Waals surface area contributed by atoms with Crippen LogP contribution in [0.2, 0.25) is 0 Å². The van der Waals surface area contributed by atoms with Crippen molar-refractivity contribution in [3.8, 4) is 0 Å². The molecule has 1 rings (SSSR count). The second-order valence-electron chi connectivity index (χ2n) is 4.82. The van der Waals surface area contributed by atoms with Crippen molar-refractivity contribution in [2.24, 2.45) is 0 Å². The summed E-state index contributed by atoms with van der Waals surface area (Å²) in [4.78, 5) is 0. The lowest BCUT2D eigenvalue weighted by molar-refractivity contribution is 0.578. The molecule has 86 valence electrons. The summed E-state index contributed by atoms with van der Waals surface area (Å²) in [5.41, 5.74) is 0.103. The normalized spacial score (nSPS) is 12.1. The largest absolute Gasteiger partial charge is 0.357 e. The molecular formula is C11H21N3S. The van der Waals surface area contributed by atoms with E-state index in [0.29, 0.717) is 6.04 Å². The zero-order chi connectivity index (χ0) is 11.5. The molecular weight excluding hydrogens is 206 g/mol. The SMILES string of the molecule is CCC(CC)Nc1nnc(C(C)(C)C)s1. The van der Waals surface area contributed by atoms with Crippen molar-refractivity contribution in [1.82, 2.24) is 10.2 Å². The van der Waals surface area contributed by atoms with Crippen LogP contribution in [-0.4, -0.2) is 16.2 Å². The molecule has 0 spiro atoms. The van der Waals surface area contributed by atoms with Crippen LogP contribution >= 0.6 is 11.3 Å². The van der Waals surface area contributed by atoms with E-state index in [4.69, 9.17) is 0 Å². The van der Waals surface area contributed by atoms with Gasteiger partial charge in [0.2, 0.25) is 5.13 Å². The molecule has 0 aliphatic rings. The highest BCUT2D eigenvalue weighted by Gasteiger charge is 2.19. The van der Waals surface area contributed by atoms with E-state index in [2.05, 4.69) is 50.1 Å². The minimum atomic E-state index is 0.103. The predicted molar refractivity (Wildman–Crippen MR) is 66.6 cm³/mol. The number of hydrogen-bond donors (Lipinski definition) is 1. The van der Waals surface area contributed by atoms with Crippen LogP contribution in [0.3, 0.4) is 0 Å². The van der Waals surface area contributed by atoms with Gasteiger partial charge in [0.05, 0.1) is 0 Å². The third kappa shape index (κ3) is 3.45. The molecule has 0 bridgehead atoms. The van der Waals surface area contributed by atoms with Crippen molar-refractivity contribution in [2.75, 3.05) is 5.32 Å². The molecule has 0 radical (unpaired) electrons. The topological polar surface area (TPSA) is 37.8 Å². The molecule has 1 heterocycles. The first-order chi connectivity index (χ1) is 6.97. The van der Waals surface area contributed by atoms with Gasteiger partial charge >= 0.3 is 0 Å². The smallest absolute Gasteiger partial charge is 0.205 e. The Bertz CT molecular complexity index is 297. The standard InChI is InChI=1S/C11H21N3S/c1-6-8(7-2)12-10-14-13-9(15-10)11(3,4)5/h8H,6-7H2,1-5H3,(H,12,14).